The molecule has 2 aromatic rings. The van der Waals surface area contributed by atoms with Gasteiger partial charge in [-0.3, -0.25) is 4.57 Å². The number of fused-ring (bicyclic) bond motifs is 1. The molecule has 7 rings (SSSR count). The minimum atomic E-state index is -1.27. The molecule has 0 aromatic carbocycles. The van der Waals surface area contributed by atoms with Crippen molar-refractivity contribution in [3.8, 4) is 11.8 Å². The highest BCUT2D eigenvalue weighted by Gasteiger charge is 2.56. The first kappa shape index (κ1) is 20.3. The number of nitrogens with two attached hydrogens (primary N) is 1. The van der Waals surface area contributed by atoms with E-state index in [1.807, 2.05) is 0 Å². The summed E-state index contributed by atoms with van der Waals surface area (Å²) in [6.07, 6.45) is 2.37. The number of hydrogen-bond donors (Lipinski definition) is 5. The molecule has 5 aliphatic rings. The SMILES string of the molecule is Nc1nc(C#CC2(O)C3CC4CC(C3)CC2C4)nc2c1ncn2[C@@H]1O[C@H](CO)C(O)[C@@H]1O. The summed E-state index contributed by atoms with van der Waals surface area (Å²) in [6.45, 7) is -0.433. The van der Waals surface area contributed by atoms with Crippen LogP contribution in [-0.4, -0.2) is 70.5 Å². The van der Waals surface area contributed by atoms with Gasteiger partial charge in [-0.2, -0.15) is 0 Å². The number of aliphatic hydroxyl groups excluding tert-OH is 3. The molecule has 4 bridgehead atoms. The van der Waals surface area contributed by atoms with Gasteiger partial charge in [-0.25, -0.2) is 15.0 Å². The zero-order valence-electron chi connectivity index (χ0n) is 17.5. The predicted octanol–water partition coefficient (Wildman–Crippen LogP) is -0.441. The Bertz CT molecular complexity index is 1100. The Labute approximate surface area is 184 Å². The minimum Gasteiger partial charge on any atom is -0.394 e. The molecule has 0 radical (unpaired) electrons. The average molecular weight is 441 g/mol. The summed E-state index contributed by atoms with van der Waals surface area (Å²) in [5.74, 6) is 8.16. The topological polar surface area (TPSA) is 160 Å². The largest absolute Gasteiger partial charge is 0.394 e. The first-order valence-electron chi connectivity index (χ1n) is 11.3. The fourth-order valence-corrected chi connectivity index (χ4v) is 6.55. The van der Waals surface area contributed by atoms with Crippen molar-refractivity contribution < 1.29 is 25.2 Å². The highest BCUT2D eigenvalue weighted by molar-refractivity contribution is 5.82. The van der Waals surface area contributed by atoms with Crippen LogP contribution in [0.5, 0.6) is 0 Å². The van der Waals surface area contributed by atoms with E-state index in [0.717, 1.165) is 25.7 Å². The van der Waals surface area contributed by atoms with Crippen molar-refractivity contribution in [2.45, 2.75) is 62.2 Å². The third-order valence-corrected chi connectivity index (χ3v) is 8.00. The van der Waals surface area contributed by atoms with E-state index in [2.05, 4.69) is 26.8 Å². The number of aromatic nitrogens is 4. The number of nitrogen functional groups attached to an aromatic ring is 1. The quantitative estimate of drug-likeness (QED) is 0.389. The number of nitrogens with zero attached hydrogens (tertiary/aromatic N) is 4. The molecule has 5 fully saturated rings. The zero-order valence-corrected chi connectivity index (χ0v) is 17.5. The molecule has 2 aromatic heterocycles. The summed E-state index contributed by atoms with van der Waals surface area (Å²) in [5, 5.41) is 41.3. The zero-order chi connectivity index (χ0) is 22.2. The molecule has 10 nitrogen and oxygen atoms in total. The second kappa shape index (κ2) is 7.10. The van der Waals surface area contributed by atoms with E-state index in [0.29, 0.717) is 23.0 Å². The Kier molecular flexibility index (Phi) is 4.51. The van der Waals surface area contributed by atoms with Gasteiger partial charge >= 0.3 is 0 Å². The molecule has 0 spiro atoms. The number of rotatable bonds is 2. The maximum atomic E-state index is 11.5. The summed E-state index contributed by atoms with van der Waals surface area (Å²) in [4.78, 5) is 12.9. The van der Waals surface area contributed by atoms with E-state index < -0.39 is 36.7 Å². The lowest BCUT2D eigenvalue weighted by Crippen LogP contribution is -2.56. The summed E-state index contributed by atoms with van der Waals surface area (Å²) >= 11 is 0. The Morgan fingerprint density at radius 3 is 2.41 bits per heavy atom. The third-order valence-electron chi connectivity index (χ3n) is 8.00. The van der Waals surface area contributed by atoms with Crippen LogP contribution in [0.15, 0.2) is 6.33 Å². The highest BCUT2D eigenvalue weighted by atomic mass is 16.6. The molecule has 6 N–H and O–H groups in total. The Hall–Kier alpha value is -2.29. The Morgan fingerprint density at radius 2 is 1.78 bits per heavy atom. The van der Waals surface area contributed by atoms with Crippen molar-refractivity contribution in [2.75, 3.05) is 12.3 Å². The van der Waals surface area contributed by atoms with Crippen LogP contribution in [0.2, 0.25) is 0 Å². The van der Waals surface area contributed by atoms with Crippen molar-refractivity contribution in [3.63, 3.8) is 0 Å². The summed E-state index contributed by atoms with van der Waals surface area (Å²) in [5.41, 5.74) is 5.69. The second-order valence-corrected chi connectivity index (χ2v) is 9.87. The minimum absolute atomic E-state index is 0.127. The number of hydrogen-bond acceptors (Lipinski definition) is 9. The molecule has 1 saturated heterocycles. The van der Waals surface area contributed by atoms with Gasteiger partial charge in [-0.15, -0.1) is 0 Å². The van der Waals surface area contributed by atoms with E-state index in [1.165, 1.54) is 17.3 Å². The van der Waals surface area contributed by atoms with Gasteiger partial charge in [0.2, 0.25) is 5.82 Å². The molecule has 3 heterocycles. The average Bonchev–Trinajstić information content (AvgIpc) is 3.31. The molecule has 4 atom stereocenters. The summed E-state index contributed by atoms with van der Waals surface area (Å²) < 4.78 is 7.06. The van der Waals surface area contributed by atoms with Crippen LogP contribution < -0.4 is 5.73 Å². The van der Waals surface area contributed by atoms with Crippen molar-refractivity contribution in [1.29, 1.82) is 0 Å². The van der Waals surface area contributed by atoms with Crippen LogP contribution in [0.4, 0.5) is 5.82 Å². The third kappa shape index (κ3) is 2.89. The van der Waals surface area contributed by atoms with E-state index in [4.69, 9.17) is 10.5 Å². The maximum Gasteiger partial charge on any atom is 0.209 e. The van der Waals surface area contributed by atoms with Crippen LogP contribution in [0.1, 0.15) is 44.2 Å². The van der Waals surface area contributed by atoms with Crippen molar-refractivity contribution in [1.82, 2.24) is 19.5 Å². The van der Waals surface area contributed by atoms with Gasteiger partial charge in [0.15, 0.2) is 17.7 Å². The first-order valence-corrected chi connectivity index (χ1v) is 11.3. The maximum absolute atomic E-state index is 11.5. The summed E-state index contributed by atoms with van der Waals surface area (Å²) in [7, 11) is 0. The van der Waals surface area contributed by atoms with Crippen LogP contribution in [-0.2, 0) is 4.74 Å². The van der Waals surface area contributed by atoms with E-state index in [-0.39, 0.29) is 23.5 Å². The number of imidazole rings is 1. The second-order valence-electron chi connectivity index (χ2n) is 9.87. The van der Waals surface area contributed by atoms with Gasteiger partial charge in [0.1, 0.15) is 29.4 Å². The molecule has 10 heteroatoms. The molecule has 170 valence electrons. The smallest absolute Gasteiger partial charge is 0.209 e. The highest BCUT2D eigenvalue weighted by Crippen LogP contribution is 2.58. The lowest BCUT2D eigenvalue weighted by Gasteiger charge is -2.56. The van der Waals surface area contributed by atoms with Crippen molar-refractivity contribution in [3.05, 3.63) is 12.2 Å². The van der Waals surface area contributed by atoms with Crippen molar-refractivity contribution >= 4 is 17.0 Å². The molecule has 4 aliphatic carbocycles. The van der Waals surface area contributed by atoms with E-state index in [9.17, 15) is 20.4 Å². The van der Waals surface area contributed by atoms with Gasteiger partial charge in [0.25, 0.3) is 0 Å². The molecule has 1 aliphatic heterocycles. The lowest BCUT2D eigenvalue weighted by atomic mass is 9.50. The number of aliphatic hydroxyl groups is 4. The predicted molar refractivity (Wildman–Crippen MR) is 112 cm³/mol. The fraction of sp³-hybridized carbons (Fsp3) is 0.682. The number of ether oxygens (including phenoxy) is 1. The standard InChI is InChI=1S/C22H27N5O5/c23-19-16-20(27(9-24-16)21-18(30)17(29)14(8-28)32-21)26-15(25-19)1-2-22(31)12-4-10-3-11(6-12)7-13(22)5-10/h9-14,17-18,21,28-31H,3-8H2,(H2,23,25,26)/t10?,11?,12?,13?,14-,17?,18+,21-,22?/m1/s1. The van der Waals surface area contributed by atoms with Crippen molar-refractivity contribution in [2.24, 2.45) is 23.7 Å². The summed E-state index contributed by atoms with van der Waals surface area (Å²) in [6, 6.07) is 0. The fourth-order valence-electron chi connectivity index (χ4n) is 6.55. The van der Waals surface area contributed by atoms with Crippen LogP contribution in [0, 0.1) is 35.5 Å². The molecule has 4 saturated carbocycles. The molecular weight excluding hydrogens is 414 g/mol. The first-order chi connectivity index (χ1) is 15.4. The van der Waals surface area contributed by atoms with Crippen LogP contribution in [0.3, 0.4) is 0 Å². The molecular formula is C22H27N5O5. The normalized spacial score (nSPS) is 42.4. The van der Waals surface area contributed by atoms with Gasteiger partial charge in [0, 0.05) is 0 Å². The van der Waals surface area contributed by atoms with Crippen LogP contribution in [0.25, 0.3) is 11.2 Å². The van der Waals surface area contributed by atoms with Gasteiger partial charge in [-0.1, -0.05) is 5.92 Å². The van der Waals surface area contributed by atoms with Gasteiger partial charge in [-0.05, 0) is 61.7 Å². The Balaban J connectivity index is 1.35. The van der Waals surface area contributed by atoms with Gasteiger partial charge < -0.3 is 30.9 Å². The number of anilines is 1. The lowest BCUT2D eigenvalue weighted by molar-refractivity contribution is -0.136. The monoisotopic (exact) mass is 441 g/mol. The molecule has 1 unspecified atom stereocenters. The molecule has 0 amide bonds. The van der Waals surface area contributed by atoms with E-state index in [1.54, 1.807) is 0 Å². The van der Waals surface area contributed by atoms with E-state index >= 15 is 0 Å². The van der Waals surface area contributed by atoms with Gasteiger partial charge in [0.05, 0.1) is 12.9 Å². The van der Waals surface area contributed by atoms with Crippen LogP contribution >= 0.6 is 0 Å². The molecule has 32 heavy (non-hydrogen) atoms. The Morgan fingerprint density at radius 1 is 1.09 bits per heavy atom.